The zero-order valence-corrected chi connectivity index (χ0v) is 11.8. The van der Waals surface area contributed by atoms with Gasteiger partial charge in [0.25, 0.3) is 5.91 Å². The second-order valence-corrected chi connectivity index (χ2v) is 5.04. The van der Waals surface area contributed by atoms with Crippen molar-refractivity contribution in [1.82, 2.24) is 5.32 Å². The van der Waals surface area contributed by atoms with Crippen LogP contribution in [0.15, 0.2) is 18.2 Å². The number of hydrogen-bond acceptors (Lipinski definition) is 4. The molecule has 0 spiro atoms. The minimum atomic E-state index is -0.161. The summed E-state index contributed by atoms with van der Waals surface area (Å²) in [6, 6.07) is 5.57. The summed E-state index contributed by atoms with van der Waals surface area (Å²) < 4.78 is 5.05. The number of nitrogens with one attached hydrogen (secondary N) is 2. The number of ether oxygens (including phenoxy) is 1. The number of carbonyl (C=O) groups excluding carboxylic acids is 1. The number of aliphatic hydroxyl groups is 1. The molecule has 0 saturated heterocycles. The first-order valence-electron chi connectivity index (χ1n) is 7.02. The zero-order valence-electron chi connectivity index (χ0n) is 11.8. The van der Waals surface area contributed by atoms with Crippen LogP contribution in [0.5, 0.6) is 0 Å². The molecule has 110 valence electrons. The van der Waals surface area contributed by atoms with Gasteiger partial charge in [-0.25, -0.2) is 0 Å². The maximum atomic E-state index is 12.2. The van der Waals surface area contributed by atoms with E-state index in [2.05, 4.69) is 10.6 Å². The molecular formula is C15H22N2O3. The molecule has 0 saturated carbocycles. The van der Waals surface area contributed by atoms with E-state index in [1.165, 1.54) is 5.56 Å². The standard InChI is InChI=1S/C15H22N2O3/c1-20-10-13(6-8-18)17-15(19)12-4-5-14-11(9-12)3-2-7-16-14/h4-5,9,13,16,18H,2-3,6-8,10H2,1H3,(H,17,19). The SMILES string of the molecule is COCC(CCO)NC(=O)c1ccc2c(c1)CCCN2. The molecule has 20 heavy (non-hydrogen) atoms. The molecule has 2 rings (SSSR count). The van der Waals surface area contributed by atoms with Crippen molar-refractivity contribution in [2.24, 2.45) is 0 Å². The second kappa shape index (κ2) is 7.26. The number of aliphatic hydroxyl groups excluding tert-OH is 1. The molecule has 1 aromatic rings. The Kier molecular flexibility index (Phi) is 5.38. The molecule has 1 heterocycles. The van der Waals surface area contributed by atoms with Crippen LogP contribution in [-0.4, -0.2) is 43.9 Å². The molecule has 1 aromatic carbocycles. The van der Waals surface area contributed by atoms with Gasteiger partial charge in [-0.3, -0.25) is 4.79 Å². The number of rotatable bonds is 6. The van der Waals surface area contributed by atoms with Crippen molar-refractivity contribution in [3.05, 3.63) is 29.3 Å². The van der Waals surface area contributed by atoms with Gasteiger partial charge in [-0.1, -0.05) is 0 Å². The van der Waals surface area contributed by atoms with Gasteiger partial charge >= 0.3 is 0 Å². The van der Waals surface area contributed by atoms with Gasteiger partial charge in [-0.2, -0.15) is 0 Å². The summed E-state index contributed by atoms with van der Waals surface area (Å²) in [5, 5.41) is 15.2. The van der Waals surface area contributed by atoms with Crippen LogP contribution in [-0.2, 0) is 11.2 Å². The first-order chi connectivity index (χ1) is 9.74. The third kappa shape index (κ3) is 3.71. The molecule has 0 aliphatic carbocycles. The monoisotopic (exact) mass is 278 g/mol. The highest BCUT2D eigenvalue weighted by Gasteiger charge is 2.16. The van der Waals surface area contributed by atoms with Gasteiger partial charge in [0, 0.05) is 31.5 Å². The van der Waals surface area contributed by atoms with E-state index in [1.54, 1.807) is 7.11 Å². The average Bonchev–Trinajstić information content (AvgIpc) is 2.47. The maximum Gasteiger partial charge on any atom is 0.251 e. The Morgan fingerprint density at radius 3 is 3.15 bits per heavy atom. The molecule has 3 N–H and O–H groups in total. The summed E-state index contributed by atoms with van der Waals surface area (Å²) in [5.74, 6) is -0.117. The molecule has 0 radical (unpaired) electrons. The number of hydrogen-bond donors (Lipinski definition) is 3. The third-order valence-electron chi connectivity index (χ3n) is 3.49. The molecule has 0 bridgehead atoms. The number of aryl methyl sites for hydroxylation is 1. The largest absolute Gasteiger partial charge is 0.396 e. The van der Waals surface area contributed by atoms with Crippen molar-refractivity contribution in [2.75, 3.05) is 32.2 Å². The molecule has 0 fully saturated rings. The number of benzene rings is 1. The lowest BCUT2D eigenvalue weighted by Gasteiger charge is -2.20. The number of methoxy groups -OCH3 is 1. The van der Waals surface area contributed by atoms with Crippen molar-refractivity contribution < 1.29 is 14.6 Å². The highest BCUT2D eigenvalue weighted by Crippen LogP contribution is 2.22. The Labute approximate surface area is 119 Å². The minimum absolute atomic E-state index is 0.0302. The normalized spacial score (nSPS) is 15.1. The molecule has 1 unspecified atom stereocenters. The van der Waals surface area contributed by atoms with Crippen LogP contribution in [0.2, 0.25) is 0 Å². The molecule has 0 aromatic heterocycles. The summed E-state index contributed by atoms with van der Waals surface area (Å²) in [7, 11) is 1.58. The van der Waals surface area contributed by atoms with E-state index in [0.29, 0.717) is 18.6 Å². The van der Waals surface area contributed by atoms with E-state index >= 15 is 0 Å². The lowest BCUT2D eigenvalue weighted by atomic mass is 10.0. The highest BCUT2D eigenvalue weighted by molar-refractivity contribution is 5.95. The molecule has 1 atom stereocenters. The van der Waals surface area contributed by atoms with Crippen LogP contribution in [0.1, 0.15) is 28.8 Å². The summed E-state index contributed by atoms with van der Waals surface area (Å²) in [6.07, 6.45) is 2.59. The van der Waals surface area contributed by atoms with Crippen molar-refractivity contribution in [3.8, 4) is 0 Å². The predicted molar refractivity (Wildman–Crippen MR) is 78.1 cm³/mol. The van der Waals surface area contributed by atoms with Gasteiger partial charge in [0.05, 0.1) is 12.6 Å². The van der Waals surface area contributed by atoms with Crippen LogP contribution in [0.25, 0.3) is 0 Å². The minimum Gasteiger partial charge on any atom is -0.396 e. The van der Waals surface area contributed by atoms with Gasteiger partial charge < -0.3 is 20.5 Å². The molecule has 5 nitrogen and oxygen atoms in total. The number of anilines is 1. The van der Waals surface area contributed by atoms with Gasteiger partial charge in [-0.05, 0) is 43.0 Å². The highest BCUT2D eigenvalue weighted by atomic mass is 16.5. The second-order valence-electron chi connectivity index (χ2n) is 5.04. The van der Waals surface area contributed by atoms with E-state index in [0.717, 1.165) is 25.1 Å². The first-order valence-corrected chi connectivity index (χ1v) is 7.02. The molecular weight excluding hydrogens is 256 g/mol. The fourth-order valence-electron chi connectivity index (χ4n) is 2.44. The summed E-state index contributed by atoms with van der Waals surface area (Å²) in [5.41, 5.74) is 2.97. The average molecular weight is 278 g/mol. The Hall–Kier alpha value is -1.59. The predicted octanol–water partition coefficient (Wildman–Crippen LogP) is 1.17. The van der Waals surface area contributed by atoms with E-state index in [1.807, 2.05) is 18.2 Å². The van der Waals surface area contributed by atoms with E-state index in [-0.39, 0.29) is 18.6 Å². The maximum absolute atomic E-state index is 12.2. The smallest absolute Gasteiger partial charge is 0.251 e. The first kappa shape index (κ1) is 14.8. The van der Waals surface area contributed by atoms with E-state index in [9.17, 15) is 4.79 Å². The third-order valence-corrected chi connectivity index (χ3v) is 3.49. The molecule has 1 aliphatic heterocycles. The van der Waals surface area contributed by atoms with Crippen LogP contribution in [0.4, 0.5) is 5.69 Å². The van der Waals surface area contributed by atoms with Crippen LogP contribution < -0.4 is 10.6 Å². The van der Waals surface area contributed by atoms with Crippen molar-refractivity contribution in [1.29, 1.82) is 0 Å². The molecule has 5 heteroatoms. The quantitative estimate of drug-likeness (QED) is 0.730. The van der Waals surface area contributed by atoms with Crippen LogP contribution in [0.3, 0.4) is 0 Å². The number of amides is 1. The lowest BCUT2D eigenvalue weighted by Crippen LogP contribution is -2.38. The zero-order chi connectivity index (χ0) is 14.4. The Morgan fingerprint density at radius 1 is 1.55 bits per heavy atom. The Morgan fingerprint density at radius 2 is 2.40 bits per heavy atom. The summed E-state index contributed by atoms with van der Waals surface area (Å²) in [4.78, 5) is 12.2. The van der Waals surface area contributed by atoms with E-state index in [4.69, 9.17) is 9.84 Å². The van der Waals surface area contributed by atoms with Crippen molar-refractivity contribution in [2.45, 2.75) is 25.3 Å². The Balaban J connectivity index is 2.04. The van der Waals surface area contributed by atoms with Crippen molar-refractivity contribution >= 4 is 11.6 Å². The lowest BCUT2D eigenvalue weighted by molar-refractivity contribution is 0.0878. The summed E-state index contributed by atoms with van der Waals surface area (Å²) >= 11 is 0. The van der Waals surface area contributed by atoms with Gasteiger partial charge in [0.15, 0.2) is 0 Å². The topological polar surface area (TPSA) is 70.6 Å². The number of carbonyl (C=O) groups is 1. The Bertz CT molecular complexity index is 456. The van der Waals surface area contributed by atoms with Gasteiger partial charge in [-0.15, -0.1) is 0 Å². The number of fused-ring (bicyclic) bond motifs is 1. The fraction of sp³-hybridized carbons (Fsp3) is 0.533. The summed E-state index contributed by atoms with van der Waals surface area (Å²) in [6.45, 7) is 1.42. The van der Waals surface area contributed by atoms with E-state index < -0.39 is 0 Å². The molecule has 1 amide bonds. The molecule has 1 aliphatic rings. The van der Waals surface area contributed by atoms with Crippen molar-refractivity contribution in [3.63, 3.8) is 0 Å². The van der Waals surface area contributed by atoms with Gasteiger partial charge in [0.1, 0.15) is 0 Å². The van der Waals surface area contributed by atoms with Crippen LogP contribution in [0, 0.1) is 0 Å². The van der Waals surface area contributed by atoms with Crippen LogP contribution >= 0.6 is 0 Å². The fourth-order valence-corrected chi connectivity index (χ4v) is 2.44. The van der Waals surface area contributed by atoms with Gasteiger partial charge in [0.2, 0.25) is 0 Å².